The Kier molecular flexibility index (Phi) is 7.10. The Morgan fingerprint density at radius 3 is 2.64 bits per heavy atom. The Balaban J connectivity index is 1.64. The maximum atomic E-state index is 13.4. The van der Waals surface area contributed by atoms with E-state index in [4.69, 9.17) is 0 Å². The van der Waals surface area contributed by atoms with Gasteiger partial charge in [0.25, 0.3) is 0 Å². The van der Waals surface area contributed by atoms with E-state index >= 15 is 0 Å². The van der Waals surface area contributed by atoms with Crippen molar-refractivity contribution in [1.29, 1.82) is 0 Å². The third kappa shape index (κ3) is 5.98. The van der Waals surface area contributed by atoms with Gasteiger partial charge in [-0.2, -0.15) is 0 Å². The van der Waals surface area contributed by atoms with Crippen molar-refractivity contribution in [2.24, 2.45) is 0 Å². The summed E-state index contributed by atoms with van der Waals surface area (Å²) in [5.74, 6) is -0.480. The Bertz CT molecular complexity index is 494. The maximum absolute atomic E-state index is 13.4. The van der Waals surface area contributed by atoms with Crippen molar-refractivity contribution in [2.75, 3.05) is 26.2 Å². The van der Waals surface area contributed by atoms with E-state index in [1.807, 2.05) is 0 Å². The van der Waals surface area contributed by atoms with Crippen molar-refractivity contribution in [2.45, 2.75) is 32.1 Å². The zero-order chi connectivity index (χ0) is 15.6. The number of nitrogens with zero attached hydrogens (tertiary/aromatic N) is 1. The molecule has 0 aliphatic carbocycles. The molecule has 1 heterocycles. The average Bonchev–Trinajstić information content (AvgIpc) is 2.79. The SMILES string of the molecule is O=C(/C=C/c1ccccc1F)NCCCN1CCCCCC1. The van der Waals surface area contributed by atoms with Crippen LogP contribution in [0, 0.1) is 5.82 Å². The van der Waals surface area contributed by atoms with Crippen molar-refractivity contribution >= 4 is 12.0 Å². The molecule has 2 rings (SSSR count). The molecule has 4 heteroatoms. The van der Waals surface area contributed by atoms with Crippen LogP contribution in [0.3, 0.4) is 0 Å². The van der Waals surface area contributed by atoms with Crippen LogP contribution in [-0.4, -0.2) is 37.0 Å². The second-order valence-corrected chi connectivity index (χ2v) is 5.76. The van der Waals surface area contributed by atoms with Gasteiger partial charge in [0.05, 0.1) is 0 Å². The standard InChI is InChI=1S/C18H25FN2O/c19-17-9-4-3-8-16(17)10-11-18(22)20-12-7-15-21-13-5-1-2-6-14-21/h3-4,8-11H,1-2,5-7,12-15H2,(H,20,22)/b11-10+. The predicted molar refractivity (Wildman–Crippen MR) is 88.0 cm³/mol. The van der Waals surface area contributed by atoms with E-state index in [2.05, 4.69) is 10.2 Å². The number of hydrogen-bond donors (Lipinski definition) is 1. The number of nitrogens with one attached hydrogen (secondary N) is 1. The highest BCUT2D eigenvalue weighted by atomic mass is 19.1. The number of rotatable bonds is 6. The van der Waals surface area contributed by atoms with E-state index in [0.29, 0.717) is 12.1 Å². The van der Waals surface area contributed by atoms with Crippen LogP contribution in [0.15, 0.2) is 30.3 Å². The van der Waals surface area contributed by atoms with Crippen LogP contribution in [0.1, 0.15) is 37.7 Å². The van der Waals surface area contributed by atoms with E-state index in [-0.39, 0.29) is 11.7 Å². The van der Waals surface area contributed by atoms with Crippen molar-refractivity contribution < 1.29 is 9.18 Å². The van der Waals surface area contributed by atoms with Crippen LogP contribution in [-0.2, 0) is 4.79 Å². The van der Waals surface area contributed by atoms with Gasteiger partial charge in [-0.25, -0.2) is 4.39 Å². The Morgan fingerprint density at radius 2 is 1.91 bits per heavy atom. The van der Waals surface area contributed by atoms with Gasteiger partial charge in [-0.3, -0.25) is 4.79 Å². The fourth-order valence-electron chi connectivity index (χ4n) is 2.71. The monoisotopic (exact) mass is 304 g/mol. The molecule has 1 fully saturated rings. The summed E-state index contributed by atoms with van der Waals surface area (Å²) in [4.78, 5) is 14.2. The smallest absolute Gasteiger partial charge is 0.244 e. The van der Waals surface area contributed by atoms with Crippen LogP contribution in [0.4, 0.5) is 4.39 Å². The third-order valence-electron chi connectivity index (χ3n) is 3.97. The molecule has 1 amide bonds. The second kappa shape index (κ2) is 9.36. The number of halogens is 1. The number of likely N-dealkylation sites (tertiary alicyclic amines) is 1. The highest BCUT2D eigenvalue weighted by molar-refractivity contribution is 5.91. The van der Waals surface area contributed by atoms with E-state index in [1.54, 1.807) is 18.2 Å². The summed E-state index contributed by atoms with van der Waals surface area (Å²) >= 11 is 0. The first-order valence-electron chi connectivity index (χ1n) is 8.18. The van der Waals surface area contributed by atoms with Gasteiger partial charge in [0.2, 0.25) is 5.91 Å². The maximum Gasteiger partial charge on any atom is 0.244 e. The lowest BCUT2D eigenvalue weighted by Gasteiger charge is -2.19. The molecule has 0 atom stereocenters. The first kappa shape index (κ1) is 16.7. The molecule has 1 aliphatic heterocycles. The van der Waals surface area contributed by atoms with Crippen molar-refractivity contribution in [1.82, 2.24) is 10.2 Å². The number of benzene rings is 1. The summed E-state index contributed by atoms with van der Waals surface area (Å²) in [6.45, 7) is 4.07. The molecule has 1 aliphatic rings. The molecule has 1 saturated heterocycles. The molecule has 0 spiro atoms. The molecule has 0 unspecified atom stereocenters. The molecule has 120 valence electrons. The molecule has 0 aromatic heterocycles. The molecular formula is C18H25FN2O. The van der Waals surface area contributed by atoms with Gasteiger partial charge in [0.1, 0.15) is 5.82 Å². The van der Waals surface area contributed by atoms with Crippen LogP contribution < -0.4 is 5.32 Å². The predicted octanol–water partition coefficient (Wildman–Crippen LogP) is 3.22. The summed E-state index contributed by atoms with van der Waals surface area (Å²) in [6, 6.07) is 6.43. The quantitative estimate of drug-likeness (QED) is 0.646. The molecule has 22 heavy (non-hydrogen) atoms. The van der Waals surface area contributed by atoms with E-state index < -0.39 is 0 Å². The average molecular weight is 304 g/mol. The van der Waals surface area contributed by atoms with Gasteiger partial charge >= 0.3 is 0 Å². The number of amides is 1. The molecule has 3 nitrogen and oxygen atoms in total. The normalized spacial score (nSPS) is 16.6. The fourth-order valence-corrected chi connectivity index (χ4v) is 2.71. The van der Waals surface area contributed by atoms with Gasteiger partial charge in [0.15, 0.2) is 0 Å². The van der Waals surface area contributed by atoms with Gasteiger partial charge in [-0.05, 0) is 51.0 Å². The third-order valence-corrected chi connectivity index (χ3v) is 3.97. The van der Waals surface area contributed by atoms with Gasteiger partial charge in [-0.15, -0.1) is 0 Å². The van der Waals surface area contributed by atoms with Crippen molar-refractivity contribution in [3.8, 4) is 0 Å². The topological polar surface area (TPSA) is 32.3 Å². The van der Waals surface area contributed by atoms with Gasteiger partial charge < -0.3 is 10.2 Å². The fraction of sp³-hybridized carbons (Fsp3) is 0.500. The highest BCUT2D eigenvalue weighted by Crippen LogP contribution is 2.09. The second-order valence-electron chi connectivity index (χ2n) is 5.76. The lowest BCUT2D eigenvalue weighted by Crippen LogP contribution is -2.30. The van der Waals surface area contributed by atoms with E-state index in [1.165, 1.54) is 57.0 Å². The van der Waals surface area contributed by atoms with E-state index in [0.717, 1.165) is 13.0 Å². The Morgan fingerprint density at radius 1 is 1.18 bits per heavy atom. The van der Waals surface area contributed by atoms with Gasteiger partial charge in [0, 0.05) is 18.2 Å². The first-order valence-corrected chi connectivity index (χ1v) is 8.18. The van der Waals surface area contributed by atoms with Crippen LogP contribution in [0.5, 0.6) is 0 Å². The lowest BCUT2D eigenvalue weighted by atomic mass is 10.2. The molecule has 0 bridgehead atoms. The Labute approximate surface area is 132 Å². The largest absolute Gasteiger partial charge is 0.353 e. The molecule has 0 saturated carbocycles. The van der Waals surface area contributed by atoms with Crippen molar-refractivity contribution in [3.63, 3.8) is 0 Å². The van der Waals surface area contributed by atoms with Crippen molar-refractivity contribution in [3.05, 3.63) is 41.7 Å². The summed E-state index contributed by atoms with van der Waals surface area (Å²) in [5.41, 5.74) is 0.433. The highest BCUT2D eigenvalue weighted by Gasteiger charge is 2.08. The zero-order valence-electron chi connectivity index (χ0n) is 13.1. The van der Waals surface area contributed by atoms with E-state index in [9.17, 15) is 9.18 Å². The molecular weight excluding hydrogens is 279 g/mol. The lowest BCUT2D eigenvalue weighted by molar-refractivity contribution is -0.116. The minimum absolute atomic E-state index is 0.167. The molecule has 1 aromatic rings. The molecule has 1 N–H and O–H groups in total. The molecule has 1 aromatic carbocycles. The van der Waals surface area contributed by atoms with Crippen LogP contribution in [0.2, 0.25) is 0 Å². The number of carbonyl (C=O) groups excluding carboxylic acids is 1. The Hall–Kier alpha value is -1.68. The van der Waals surface area contributed by atoms with Crippen LogP contribution >= 0.6 is 0 Å². The molecule has 0 radical (unpaired) electrons. The summed E-state index contributed by atoms with van der Waals surface area (Å²) in [5, 5.41) is 2.85. The first-order chi connectivity index (χ1) is 10.8. The zero-order valence-corrected chi connectivity index (χ0v) is 13.1. The van der Waals surface area contributed by atoms with Crippen LogP contribution in [0.25, 0.3) is 6.08 Å². The number of carbonyl (C=O) groups is 1. The summed E-state index contributed by atoms with van der Waals surface area (Å²) in [6.07, 6.45) is 9.13. The minimum Gasteiger partial charge on any atom is -0.353 e. The summed E-state index contributed by atoms with van der Waals surface area (Å²) in [7, 11) is 0. The van der Waals surface area contributed by atoms with Gasteiger partial charge in [-0.1, -0.05) is 31.0 Å². The minimum atomic E-state index is -0.312. The number of hydrogen-bond acceptors (Lipinski definition) is 2. The summed E-state index contributed by atoms with van der Waals surface area (Å²) < 4.78 is 13.4.